The SMILES string of the molecule is CC(C)(C)OC(=O)NCCCOc1ccc2cc(C(=O)NCC(Nc3ncccn3)C(=O)O)cc(=O)n2c1. The minimum absolute atomic E-state index is 0.0805. The van der Waals surface area contributed by atoms with Crippen LogP contribution in [0.15, 0.2) is 53.7 Å². The number of hydrogen-bond acceptors (Lipinski definition) is 9. The fourth-order valence-corrected chi connectivity index (χ4v) is 3.21. The number of carbonyl (C=O) groups is 3. The lowest BCUT2D eigenvalue weighted by Gasteiger charge is -2.19. The summed E-state index contributed by atoms with van der Waals surface area (Å²) in [6.45, 7) is 5.73. The Morgan fingerprint density at radius 1 is 1.11 bits per heavy atom. The third kappa shape index (κ3) is 8.47. The Labute approximate surface area is 218 Å². The molecule has 0 aliphatic rings. The van der Waals surface area contributed by atoms with E-state index in [-0.39, 0.29) is 18.1 Å². The van der Waals surface area contributed by atoms with E-state index < -0.39 is 35.2 Å². The average molecular weight is 527 g/mol. The molecule has 1 unspecified atom stereocenters. The highest BCUT2D eigenvalue weighted by molar-refractivity contribution is 5.95. The number of rotatable bonds is 11. The van der Waals surface area contributed by atoms with Crippen LogP contribution in [0.25, 0.3) is 5.52 Å². The smallest absolute Gasteiger partial charge is 0.407 e. The molecular weight excluding hydrogens is 496 g/mol. The number of carbonyl (C=O) groups excluding carboxylic acids is 2. The standard InChI is InChI=1S/C25H30N6O7/c1-25(2,3)38-24(36)28-10-5-11-37-18-7-6-17-12-16(13-20(32)31(17)15-18)21(33)29-14-19(22(34)35)30-23-26-8-4-9-27-23/h4,6-9,12-13,15,19H,5,10-11,14H2,1-3H3,(H,28,36)(H,29,33)(H,34,35)(H,26,27,30). The Hall–Kier alpha value is -4.68. The minimum atomic E-state index is -1.20. The molecule has 4 N–H and O–H groups in total. The molecule has 0 aliphatic carbocycles. The number of carboxylic acid groups (broad SMARTS) is 1. The van der Waals surface area contributed by atoms with Gasteiger partial charge < -0.3 is 30.5 Å². The van der Waals surface area contributed by atoms with E-state index in [2.05, 4.69) is 25.9 Å². The Morgan fingerprint density at radius 2 is 1.84 bits per heavy atom. The van der Waals surface area contributed by atoms with Gasteiger partial charge in [0.05, 0.1) is 12.8 Å². The normalized spacial score (nSPS) is 11.9. The molecule has 0 fully saturated rings. The second-order valence-electron chi connectivity index (χ2n) is 9.19. The quantitative estimate of drug-likeness (QED) is 0.269. The molecule has 202 valence electrons. The van der Waals surface area contributed by atoms with Gasteiger partial charge in [-0.2, -0.15) is 0 Å². The van der Waals surface area contributed by atoms with Gasteiger partial charge in [-0.15, -0.1) is 0 Å². The lowest BCUT2D eigenvalue weighted by molar-refractivity contribution is -0.137. The fourth-order valence-electron chi connectivity index (χ4n) is 3.21. The number of fused-ring (bicyclic) bond motifs is 1. The highest BCUT2D eigenvalue weighted by atomic mass is 16.6. The number of nitrogens with zero attached hydrogens (tertiary/aromatic N) is 3. The zero-order valence-electron chi connectivity index (χ0n) is 21.3. The molecule has 3 rings (SSSR count). The van der Waals surface area contributed by atoms with E-state index in [1.807, 2.05) is 0 Å². The number of aliphatic carboxylic acids is 1. The van der Waals surface area contributed by atoms with E-state index in [1.54, 1.807) is 39.0 Å². The van der Waals surface area contributed by atoms with Crippen LogP contribution in [0.2, 0.25) is 0 Å². The van der Waals surface area contributed by atoms with Crippen LogP contribution in [-0.2, 0) is 9.53 Å². The number of anilines is 1. The van der Waals surface area contributed by atoms with Gasteiger partial charge in [0.15, 0.2) is 0 Å². The predicted molar refractivity (Wildman–Crippen MR) is 137 cm³/mol. The second kappa shape index (κ2) is 12.5. The van der Waals surface area contributed by atoms with Crippen molar-refractivity contribution in [2.45, 2.75) is 38.8 Å². The van der Waals surface area contributed by atoms with Crippen LogP contribution in [0, 0.1) is 0 Å². The van der Waals surface area contributed by atoms with E-state index >= 15 is 0 Å². The van der Waals surface area contributed by atoms with Crippen molar-refractivity contribution < 1.29 is 29.0 Å². The maximum Gasteiger partial charge on any atom is 0.407 e. The third-order valence-corrected chi connectivity index (χ3v) is 4.93. The molecule has 0 radical (unpaired) electrons. The molecule has 38 heavy (non-hydrogen) atoms. The highest BCUT2D eigenvalue weighted by Crippen LogP contribution is 2.14. The van der Waals surface area contributed by atoms with E-state index in [1.165, 1.54) is 29.1 Å². The molecule has 3 aromatic rings. The largest absolute Gasteiger partial charge is 0.492 e. The van der Waals surface area contributed by atoms with Crippen molar-refractivity contribution in [1.29, 1.82) is 0 Å². The van der Waals surface area contributed by atoms with Crippen LogP contribution in [0.5, 0.6) is 5.75 Å². The van der Waals surface area contributed by atoms with E-state index in [0.717, 1.165) is 6.07 Å². The van der Waals surface area contributed by atoms with Crippen LogP contribution in [0.1, 0.15) is 37.6 Å². The Bertz CT molecular complexity index is 1340. The number of amides is 2. The number of nitrogens with one attached hydrogen (secondary N) is 3. The van der Waals surface area contributed by atoms with Crippen molar-refractivity contribution in [2.24, 2.45) is 0 Å². The van der Waals surface area contributed by atoms with Gasteiger partial charge in [0.2, 0.25) is 5.95 Å². The van der Waals surface area contributed by atoms with Crippen LogP contribution < -0.4 is 26.2 Å². The van der Waals surface area contributed by atoms with E-state index in [0.29, 0.717) is 30.8 Å². The second-order valence-corrected chi connectivity index (χ2v) is 9.19. The molecule has 0 saturated heterocycles. The predicted octanol–water partition coefficient (Wildman–Crippen LogP) is 1.68. The summed E-state index contributed by atoms with van der Waals surface area (Å²) >= 11 is 0. The summed E-state index contributed by atoms with van der Waals surface area (Å²) in [6.07, 6.45) is 4.43. The first kappa shape index (κ1) is 27.9. The Balaban J connectivity index is 1.55. The first-order valence-corrected chi connectivity index (χ1v) is 11.8. The summed E-state index contributed by atoms with van der Waals surface area (Å²) in [5.41, 5.74) is -0.505. The summed E-state index contributed by atoms with van der Waals surface area (Å²) < 4.78 is 12.2. The molecule has 3 aromatic heterocycles. The molecule has 13 heteroatoms. The van der Waals surface area contributed by atoms with Gasteiger partial charge in [0, 0.05) is 42.6 Å². The summed E-state index contributed by atoms with van der Waals surface area (Å²) in [5.74, 6) is -1.27. The van der Waals surface area contributed by atoms with Crippen LogP contribution in [0.4, 0.5) is 10.7 Å². The molecule has 0 spiro atoms. The van der Waals surface area contributed by atoms with Gasteiger partial charge in [0.25, 0.3) is 11.5 Å². The fraction of sp³-hybridized carbons (Fsp3) is 0.360. The van der Waals surface area contributed by atoms with Gasteiger partial charge in [-0.3, -0.25) is 14.0 Å². The van der Waals surface area contributed by atoms with Crippen molar-refractivity contribution >= 4 is 29.4 Å². The molecule has 0 aromatic carbocycles. The van der Waals surface area contributed by atoms with E-state index in [4.69, 9.17) is 9.47 Å². The van der Waals surface area contributed by atoms with Gasteiger partial charge in [-0.25, -0.2) is 19.6 Å². The maximum absolute atomic E-state index is 12.7. The zero-order chi connectivity index (χ0) is 27.7. The molecule has 3 heterocycles. The monoisotopic (exact) mass is 526 g/mol. The molecule has 1 atom stereocenters. The first-order valence-electron chi connectivity index (χ1n) is 11.8. The van der Waals surface area contributed by atoms with Crippen molar-refractivity contribution in [3.8, 4) is 5.75 Å². The summed E-state index contributed by atoms with van der Waals surface area (Å²) in [4.78, 5) is 56.3. The van der Waals surface area contributed by atoms with Crippen molar-refractivity contribution in [3.63, 3.8) is 0 Å². The molecule has 0 bridgehead atoms. The topological polar surface area (TPSA) is 173 Å². The van der Waals surface area contributed by atoms with Crippen molar-refractivity contribution in [2.75, 3.05) is 25.0 Å². The van der Waals surface area contributed by atoms with Crippen LogP contribution >= 0.6 is 0 Å². The number of carboxylic acids is 1. The Morgan fingerprint density at radius 3 is 2.53 bits per heavy atom. The average Bonchev–Trinajstić information content (AvgIpc) is 2.85. The number of pyridine rings is 2. The lowest BCUT2D eigenvalue weighted by Crippen LogP contribution is -2.42. The first-order chi connectivity index (χ1) is 18.0. The maximum atomic E-state index is 12.7. The van der Waals surface area contributed by atoms with Crippen LogP contribution in [-0.4, -0.2) is 68.8 Å². The van der Waals surface area contributed by atoms with Crippen molar-refractivity contribution in [3.05, 3.63) is 64.8 Å². The molecule has 0 saturated carbocycles. The number of alkyl carbamates (subject to hydrolysis) is 1. The molecular formula is C25H30N6O7. The molecule has 0 aliphatic heterocycles. The van der Waals surface area contributed by atoms with Gasteiger partial charge in [-0.1, -0.05) is 0 Å². The number of aromatic nitrogens is 3. The molecule has 13 nitrogen and oxygen atoms in total. The van der Waals surface area contributed by atoms with Crippen LogP contribution in [0.3, 0.4) is 0 Å². The zero-order valence-corrected chi connectivity index (χ0v) is 21.3. The van der Waals surface area contributed by atoms with E-state index in [9.17, 15) is 24.3 Å². The summed E-state index contributed by atoms with van der Waals surface area (Å²) in [5, 5.41) is 17.2. The highest BCUT2D eigenvalue weighted by Gasteiger charge is 2.20. The van der Waals surface area contributed by atoms with Crippen molar-refractivity contribution in [1.82, 2.24) is 25.0 Å². The van der Waals surface area contributed by atoms with Gasteiger partial charge in [0.1, 0.15) is 17.4 Å². The minimum Gasteiger partial charge on any atom is -0.492 e. The van der Waals surface area contributed by atoms with Gasteiger partial charge >= 0.3 is 12.1 Å². The lowest BCUT2D eigenvalue weighted by atomic mass is 10.2. The summed E-state index contributed by atoms with van der Waals surface area (Å²) in [7, 11) is 0. The summed E-state index contributed by atoms with van der Waals surface area (Å²) in [6, 6.07) is 6.35. The third-order valence-electron chi connectivity index (χ3n) is 4.93. The van der Waals surface area contributed by atoms with Gasteiger partial charge in [-0.05, 0) is 51.5 Å². The number of ether oxygens (including phenoxy) is 2. The number of hydrogen-bond donors (Lipinski definition) is 4. The molecule has 2 amide bonds. The Kier molecular flexibility index (Phi) is 9.19.